The second-order valence-electron chi connectivity index (χ2n) is 6.62. The second kappa shape index (κ2) is 7.18. The molecule has 1 aliphatic heterocycles. The summed E-state index contributed by atoms with van der Waals surface area (Å²) in [4.78, 5) is 2.54. The van der Waals surface area contributed by atoms with Gasteiger partial charge in [0.1, 0.15) is 11.9 Å². The standard InChI is InChI=1S/C19H27N3O/c1-15-4-5-16(2)19(14-15)23-18-8-12-22(13-9-18)11-7-17-6-10-20-21(17)3/h4-6,10,14,18H,7-9,11-13H2,1-3H3. The van der Waals surface area contributed by atoms with E-state index in [1.165, 1.54) is 16.8 Å². The van der Waals surface area contributed by atoms with E-state index in [0.717, 1.165) is 44.6 Å². The third kappa shape index (κ3) is 4.14. The minimum absolute atomic E-state index is 0.350. The number of rotatable bonds is 5. The van der Waals surface area contributed by atoms with E-state index >= 15 is 0 Å². The maximum atomic E-state index is 6.24. The van der Waals surface area contributed by atoms with Crippen LogP contribution < -0.4 is 4.74 Å². The minimum atomic E-state index is 0.350. The van der Waals surface area contributed by atoms with Crippen molar-refractivity contribution in [3.8, 4) is 5.75 Å². The summed E-state index contributed by atoms with van der Waals surface area (Å²) in [7, 11) is 2.01. The number of nitrogens with zero attached hydrogens (tertiary/aromatic N) is 3. The number of likely N-dealkylation sites (tertiary alicyclic amines) is 1. The van der Waals surface area contributed by atoms with Crippen molar-refractivity contribution in [2.75, 3.05) is 19.6 Å². The zero-order valence-electron chi connectivity index (χ0n) is 14.5. The summed E-state index contributed by atoms with van der Waals surface area (Å²) in [6, 6.07) is 8.55. The molecule has 2 aromatic rings. The van der Waals surface area contributed by atoms with Crippen molar-refractivity contribution in [3.63, 3.8) is 0 Å². The highest BCUT2D eigenvalue weighted by Crippen LogP contribution is 2.24. The van der Waals surface area contributed by atoms with Crippen LogP contribution in [-0.2, 0) is 13.5 Å². The highest BCUT2D eigenvalue weighted by atomic mass is 16.5. The lowest BCUT2D eigenvalue weighted by atomic mass is 10.1. The molecular formula is C19H27N3O. The Morgan fingerprint density at radius 1 is 1.17 bits per heavy atom. The van der Waals surface area contributed by atoms with Crippen molar-refractivity contribution >= 4 is 0 Å². The molecule has 1 saturated heterocycles. The summed E-state index contributed by atoms with van der Waals surface area (Å²) in [5, 5.41) is 4.23. The van der Waals surface area contributed by atoms with Crippen LogP contribution in [0.3, 0.4) is 0 Å². The molecule has 1 aliphatic rings. The Balaban J connectivity index is 1.47. The average Bonchev–Trinajstić information content (AvgIpc) is 2.95. The molecule has 0 N–H and O–H groups in total. The van der Waals surface area contributed by atoms with Gasteiger partial charge in [-0.2, -0.15) is 5.10 Å². The van der Waals surface area contributed by atoms with Gasteiger partial charge in [0, 0.05) is 45.0 Å². The lowest BCUT2D eigenvalue weighted by Crippen LogP contribution is -2.39. The summed E-state index contributed by atoms with van der Waals surface area (Å²) in [6.07, 6.45) is 5.51. The van der Waals surface area contributed by atoms with E-state index in [1.807, 2.05) is 17.9 Å². The number of aromatic nitrogens is 2. The van der Waals surface area contributed by atoms with Gasteiger partial charge in [0.2, 0.25) is 0 Å². The van der Waals surface area contributed by atoms with Gasteiger partial charge in [-0.25, -0.2) is 0 Å². The third-order valence-electron chi connectivity index (χ3n) is 4.78. The van der Waals surface area contributed by atoms with Crippen LogP contribution in [0.5, 0.6) is 5.75 Å². The topological polar surface area (TPSA) is 30.3 Å². The molecule has 0 bridgehead atoms. The van der Waals surface area contributed by atoms with Gasteiger partial charge >= 0.3 is 0 Å². The summed E-state index contributed by atoms with van der Waals surface area (Å²) >= 11 is 0. The molecule has 4 nitrogen and oxygen atoms in total. The number of benzene rings is 1. The fraction of sp³-hybridized carbons (Fsp3) is 0.526. The molecule has 124 valence electrons. The maximum absolute atomic E-state index is 6.24. The monoisotopic (exact) mass is 313 g/mol. The number of piperidine rings is 1. The fourth-order valence-corrected chi connectivity index (χ4v) is 3.18. The van der Waals surface area contributed by atoms with Crippen molar-refractivity contribution in [2.45, 2.75) is 39.2 Å². The molecule has 0 spiro atoms. The van der Waals surface area contributed by atoms with E-state index in [-0.39, 0.29) is 0 Å². The molecule has 1 aromatic heterocycles. The van der Waals surface area contributed by atoms with E-state index in [2.05, 4.69) is 48.1 Å². The van der Waals surface area contributed by atoms with Gasteiger partial charge in [0.15, 0.2) is 0 Å². The zero-order chi connectivity index (χ0) is 16.2. The molecule has 0 radical (unpaired) electrons. The summed E-state index contributed by atoms with van der Waals surface area (Å²) in [6.45, 7) is 7.58. The Hall–Kier alpha value is -1.81. The van der Waals surface area contributed by atoms with E-state index in [4.69, 9.17) is 4.74 Å². The quantitative estimate of drug-likeness (QED) is 0.849. The van der Waals surface area contributed by atoms with Gasteiger partial charge in [-0.3, -0.25) is 4.68 Å². The van der Waals surface area contributed by atoms with Crippen LogP contribution in [0, 0.1) is 13.8 Å². The van der Waals surface area contributed by atoms with E-state index < -0.39 is 0 Å². The Kier molecular flexibility index (Phi) is 5.01. The molecular weight excluding hydrogens is 286 g/mol. The highest BCUT2D eigenvalue weighted by molar-refractivity contribution is 5.36. The number of hydrogen-bond acceptors (Lipinski definition) is 3. The molecule has 1 fully saturated rings. The predicted molar refractivity (Wildman–Crippen MR) is 92.9 cm³/mol. The van der Waals surface area contributed by atoms with E-state index in [1.54, 1.807) is 0 Å². The first-order valence-corrected chi connectivity index (χ1v) is 8.55. The normalized spacial score (nSPS) is 16.7. The van der Waals surface area contributed by atoms with Crippen LogP contribution in [0.4, 0.5) is 0 Å². The first-order valence-electron chi connectivity index (χ1n) is 8.55. The van der Waals surface area contributed by atoms with Gasteiger partial charge in [-0.15, -0.1) is 0 Å². The first kappa shape index (κ1) is 16.1. The average molecular weight is 313 g/mol. The predicted octanol–water partition coefficient (Wildman–Crippen LogP) is 3.12. The number of hydrogen-bond donors (Lipinski definition) is 0. The molecule has 0 unspecified atom stereocenters. The Bertz CT molecular complexity index is 642. The van der Waals surface area contributed by atoms with Crippen molar-refractivity contribution in [1.82, 2.24) is 14.7 Å². The van der Waals surface area contributed by atoms with Crippen LogP contribution >= 0.6 is 0 Å². The molecule has 1 aromatic carbocycles. The van der Waals surface area contributed by atoms with Crippen molar-refractivity contribution in [2.24, 2.45) is 7.05 Å². The van der Waals surface area contributed by atoms with Gasteiger partial charge in [0.25, 0.3) is 0 Å². The third-order valence-corrected chi connectivity index (χ3v) is 4.78. The summed E-state index contributed by atoms with van der Waals surface area (Å²) in [5.74, 6) is 1.05. The van der Waals surface area contributed by atoms with E-state index in [0.29, 0.717) is 6.10 Å². The summed E-state index contributed by atoms with van der Waals surface area (Å²) < 4.78 is 8.21. The van der Waals surface area contributed by atoms with Gasteiger partial charge < -0.3 is 9.64 Å². The van der Waals surface area contributed by atoms with Gasteiger partial charge in [-0.1, -0.05) is 12.1 Å². The number of aryl methyl sites for hydroxylation is 3. The van der Waals surface area contributed by atoms with E-state index in [9.17, 15) is 0 Å². The summed E-state index contributed by atoms with van der Waals surface area (Å²) in [5.41, 5.74) is 3.80. The molecule has 23 heavy (non-hydrogen) atoms. The molecule has 0 saturated carbocycles. The molecule has 0 aliphatic carbocycles. The van der Waals surface area contributed by atoms with Crippen LogP contribution in [-0.4, -0.2) is 40.4 Å². The first-order chi connectivity index (χ1) is 11.1. The molecule has 4 heteroatoms. The molecule has 0 atom stereocenters. The maximum Gasteiger partial charge on any atom is 0.122 e. The lowest BCUT2D eigenvalue weighted by molar-refractivity contribution is 0.100. The fourth-order valence-electron chi connectivity index (χ4n) is 3.18. The minimum Gasteiger partial charge on any atom is -0.490 e. The van der Waals surface area contributed by atoms with Crippen molar-refractivity contribution in [3.05, 3.63) is 47.3 Å². The van der Waals surface area contributed by atoms with Crippen LogP contribution in [0.25, 0.3) is 0 Å². The molecule has 0 amide bonds. The van der Waals surface area contributed by atoms with Crippen molar-refractivity contribution in [1.29, 1.82) is 0 Å². The lowest BCUT2D eigenvalue weighted by Gasteiger charge is -2.32. The Labute approximate surface area is 139 Å². The molecule has 3 rings (SSSR count). The smallest absolute Gasteiger partial charge is 0.122 e. The zero-order valence-corrected chi connectivity index (χ0v) is 14.5. The largest absolute Gasteiger partial charge is 0.490 e. The van der Waals surface area contributed by atoms with Gasteiger partial charge in [-0.05, 0) is 49.9 Å². The van der Waals surface area contributed by atoms with Crippen LogP contribution in [0.15, 0.2) is 30.5 Å². The number of ether oxygens (including phenoxy) is 1. The Morgan fingerprint density at radius 3 is 2.65 bits per heavy atom. The Morgan fingerprint density at radius 2 is 1.96 bits per heavy atom. The SMILES string of the molecule is Cc1ccc(C)c(OC2CCN(CCc3ccnn3C)CC2)c1. The highest BCUT2D eigenvalue weighted by Gasteiger charge is 2.21. The van der Waals surface area contributed by atoms with Crippen LogP contribution in [0.2, 0.25) is 0 Å². The van der Waals surface area contributed by atoms with Crippen LogP contribution in [0.1, 0.15) is 29.7 Å². The molecule has 2 heterocycles. The van der Waals surface area contributed by atoms with Crippen molar-refractivity contribution < 1.29 is 4.74 Å². The van der Waals surface area contributed by atoms with Gasteiger partial charge in [0.05, 0.1) is 0 Å². The second-order valence-corrected chi connectivity index (χ2v) is 6.62.